The average molecular weight is 280 g/mol. The third-order valence-electron chi connectivity index (χ3n) is 3.44. The minimum Gasteiger partial charge on any atom is -0.506 e. The van der Waals surface area contributed by atoms with Crippen molar-refractivity contribution in [3.8, 4) is 5.75 Å². The smallest absolute Gasteiger partial charge is 0.271 e. The highest BCUT2D eigenvalue weighted by Gasteiger charge is 2.23. The first-order valence-corrected chi connectivity index (χ1v) is 6.38. The van der Waals surface area contributed by atoms with Gasteiger partial charge in [-0.25, -0.2) is 0 Å². The molecule has 0 saturated heterocycles. The van der Waals surface area contributed by atoms with E-state index in [-0.39, 0.29) is 40.8 Å². The Hall–Kier alpha value is -2.11. The van der Waals surface area contributed by atoms with Gasteiger partial charge in [-0.15, -0.1) is 0 Å². The largest absolute Gasteiger partial charge is 0.506 e. The van der Waals surface area contributed by atoms with Gasteiger partial charge in [0.15, 0.2) is 0 Å². The lowest BCUT2D eigenvalue weighted by molar-refractivity contribution is -0.384. The lowest BCUT2D eigenvalue weighted by Crippen LogP contribution is -2.23. The molecule has 0 fully saturated rings. The van der Waals surface area contributed by atoms with E-state index in [1.165, 1.54) is 12.1 Å². The van der Waals surface area contributed by atoms with E-state index in [0.29, 0.717) is 0 Å². The molecule has 0 heterocycles. The molecule has 0 saturated carbocycles. The van der Waals surface area contributed by atoms with Gasteiger partial charge in [-0.3, -0.25) is 14.9 Å². The maximum atomic E-state index is 11.9. The molecule has 1 rings (SSSR count). The van der Waals surface area contributed by atoms with Gasteiger partial charge in [-0.05, 0) is 17.4 Å². The van der Waals surface area contributed by atoms with E-state index in [0.717, 1.165) is 6.07 Å². The van der Waals surface area contributed by atoms with Crippen LogP contribution < -0.4 is 5.32 Å². The number of phenolic OH excluding ortho intramolecular Hbond substituents is 1. The Morgan fingerprint density at radius 1 is 1.45 bits per heavy atom. The molecule has 0 aromatic heterocycles. The first-order valence-electron chi connectivity index (χ1n) is 6.38. The summed E-state index contributed by atoms with van der Waals surface area (Å²) in [5, 5.41) is 22.8. The maximum Gasteiger partial charge on any atom is 0.271 e. The van der Waals surface area contributed by atoms with Crippen molar-refractivity contribution in [3.05, 3.63) is 28.3 Å². The SMILES string of the molecule is CC(CC(=O)Nc1cc([N+](=O)[O-])ccc1O)C(C)(C)C. The number of hydrogen-bond donors (Lipinski definition) is 2. The van der Waals surface area contributed by atoms with Crippen LogP contribution in [0.1, 0.15) is 34.1 Å². The summed E-state index contributed by atoms with van der Waals surface area (Å²) >= 11 is 0. The van der Waals surface area contributed by atoms with Crippen molar-refractivity contribution >= 4 is 17.3 Å². The summed E-state index contributed by atoms with van der Waals surface area (Å²) in [5.41, 5.74) is -0.130. The highest BCUT2D eigenvalue weighted by molar-refractivity contribution is 5.92. The van der Waals surface area contributed by atoms with E-state index in [2.05, 4.69) is 5.32 Å². The van der Waals surface area contributed by atoms with Crippen molar-refractivity contribution in [2.45, 2.75) is 34.1 Å². The minimum absolute atomic E-state index is 0.0118. The summed E-state index contributed by atoms with van der Waals surface area (Å²) in [5.74, 6) is -0.320. The summed E-state index contributed by atoms with van der Waals surface area (Å²) < 4.78 is 0. The topological polar surface area (TPSA) is 92.5 Å². The van der Waals surface area contributed by atoms with Crippen LogP contribution in [0, 0.1) is 21.4 Å². The zero-order valence-electron chi connectivity index (χ0n) is 12.1. The molecule has 0 aliphatic heterocycles. The fourth-order valence-electron chi connectivity index (χ4n) is 1.52. The van der Waals surface area contributed by atoms with Crippen molar-refractivity contribution in [1.82, 2.24) is 0 Å². The Labute approximate surface area is 118 Å². The second-order valence-electron chi connectivity index (χ2n) is 5.98. The molecule has 110 valence electrons. The van der Waals surface area contributed by atoms with Gasteiger partial charge in [0, 0.05) is 18.6 Å². The number of carbonyl (C=O) groups is 1. The first kappa shape index (κ1) is 15.9. The zero-order valence-corrected chi connectivity index (χ0v) is 12.1. The minimum atomic E-state index is -0.577. The Balaban J connectivity index is 2.80. The molecule has 0 bridgehead atoms. The third-order valence-corrected chi connectivity index (χ3v) is 3.44. The summed E-state index contributed by atoms with van der Waals surface area (Å²) in [4.78, 5) is 22.0. The molecular formula is C14H20N2O4. The van der Waals surface area contributed by atoms with Crippen LogP contribution >= 0.6 is 0 Å². The highest BCUT2D eigenvalue weighted by atomic mass is 16.6. The number of rotatable bonds is 4. The molecule has 0 spiro atoms. The van der Waals surface area contributed by atoms with E-state index in [1.807, 2.05) is 27.7 Å². The van der Waals surface area contributed by atoms with Gasteiger partial charge in [0.25, 0.3) is 5.69 Å². The highest BCUT2D eigenvalue weighted by Crippen LogP contribution is 2.30. The lowest BCUT2D eigenvalue weighted by atomic mass is 9.80. The standard InChI is InChI=1S/C14H20N2O4/c1-9(14(2,3)4)7-13(18)15-11-8-10(16(19)20)5-6-12(11)17/h5-6,8-9,17H,7H2,1-4H3,(H,15,18). The predicted octanol–water partition coefficient (Wildman–Crippen LogP) is 3.31. The van der Waals surface area contributed by atoms with E-state index in [9.17, 15) is 20.0 Å². The molecule has 1 aromatic carbocycles. The molecule has 1 atom stereocenters. The number of nitrogens with zero attached hydrogens (tertiary/aromatic N) is 1. The number of nitro groups is 1. The lowest BCUT2D eigenvalue weighted by Gasteiger charge is -2.26. The van der Waals surface area contributed by atoms with Gasteiger partial charge in [0.1, 0.15) is 5.75 Å². The van der Waals surface area contributed by atoms with E-state index in [1.54, 1.807) is 0 Å². The molecular weight excluding hydrogens is 260 g/mol. The normalized spacial score (nSPS) is 12.8. The summed E-state index contributed by atoms with van der Waals surface area (Å²) in [6, 6.07) is 3.53. The van der Waals surface area contributed by atoms with Crippen LogP contribution in [0.15, 0.2) is 18.2 Å². The number of aromatic hydroxyl groups is 1. The zero-order chi connectivity index (χ0) is 15.5. The van der Waals surface area contributed by atoms with Gasteiger partial charge >= 0.3 is 0 Å². The van der Waals surface area contributed by atoms with Crippen molar-refractivity contribution in [3.63, 3.8) is 0 Å². The van der Waals surface area contributed by atoms with Crippen LogP contribution in [0.25, 0.3) is 0 Å². The Morgan fingerprint density at radius 3 is 2.55 bits per heavy atom. The van der Waals surface area contributed by atoms with Crippen molar-refractivity contribution in [1.29, 1.82) is 0 Å². The average Bonchev–Trinajstić information content (AvgIpc) is 2.30. The van der Waals surface area contributed by atoms with Crippen LogP contribution in [0.2, 0.25) is 0 Å². The van der Waals surface area contributed by atoms with Crippen molar-refractivity contribution < 1.29 is 14.8 Å². The molecule has 1 aromatic rings. The first-order chi connectivity index (χ1) is 9.11. The van der Waals surface area contributed by atoms with Crippen LogP contribution in [-0.4, -0.2) is 15.9 Å². The van der Waals surface area contributed by atoms with Crippen LogP contribution in [-0.2, 0) is 4.79 Å². The fourth-order valence-corrected chi connectivity index (χ4v) is 1.52. The van der Waals surface area contributed by atoms with Crippen molar-refractivity contribution in [2.24, 2.45) is 11.3 Å². The van der Waals surface area contributed by atoms with Gasteiger partial charge in [0.2, 0.25) is 5.91 Å². The number of anilines is 1. The third kappa shape index (κ3) is 4.22. The summed E-state index contributed by atoms with van der Waals surface area (Å²) in [7, 11) is 0. The summed E-state index contributed by atoms with van der Waals surface area (Å²) in [6.07, 6.45) is 0.283. The number of non-ortho nitro benzene ring substituents is 1. The Kier molecular flexibility index (Phi) is 4.70. The molecule has 0 aliphatic rings. The second kappa shape index (κ2) is 5.90. The van der Waals surface area contributed by atoms with Gasteiger partial charge in [0.05, 0.1) is 10.6 Å². The molecule has 0 radical (unpaired) electrons. The Morgan fingerprint density at radius 2 is 2.05 bits per heavy atom. The number of amides is 1. The monoisotopic (exact) mass is 280 g/mol. The fraction of sp³-hybridized carbons (Fsp3) is 0.500. The number of nitrogens with one attached hydrogen (secondary N) is 1. The number of nitro benzene ring substituents is 1. The van der Waals surface area contributed by atoms with Gasteiger partial charge < -0.3 is 10.4 Å². The molecule has 0 aliphatic carbocycles. The van der Waals surface area contributed by atoms with E-state index in [4.69, 9.17) is 0 Å². The second-order valence-corrected chi connectivity index (χ2v) is 5.98. The van der Waals surface area contributed by atoms with Crippen molar-refractivity contribution in [2.75, 3.05) is 5.32 Å². The van der Waals surface area contributed by atoms with Crippen LogP contribution in [0.3, 0.4) is 0 Å². The quantitative estimate of drug-likeness (QED) is 0.502. The number of carbonyl (C=O) groups excluding carboxylic acids is 1. The number of hydrogen-bond acceptors (Lipinski definition) is 4. The van der Waals surface area contributed by atoms with Crippen LogP contribution in [0.5, 0.6) is 5.75 Å². The molecule has 6 nitrogen and oxygen atoms in total. The van der Waals surface area contributed by atoms with Gasteiger partial charge in [-0.2, -0.15) is 0 Å². The molecule has 1 unspecified atom stereocenters. The molecule has 1 amide bonds. The summed E-state index contributed by atoms with van der Waals surface area (Å²) in [6.45, 7) is 8.08. The maximum absolute atomic E-state index is 11.9. The number of phenols is 1. The van der Waals surface area contributed by atoms with E-state index < -0.39 is 4.92 Å². The molecule has 2 N–H and O–H groups in total. The predicted molar refractivity (Wildman–Crippen MR) is 76.6 cm³/mol. The van der Waals surface area contributed by atoms with Gasteiger partial charge in [-0.1, -0.05) is 27.7 Å². The van der Waals surface area contributed by atoms with E-state index >= 15 is 0 Å². The molecule has 6 heteroatoms. The van der Waals surface area contributed by atoms with Crippen LogP contribution in [0.4, 0.5) is 11.4 Å². The Bertz CT molecular complexity index is 520. The number of benzene rings is 1. The molecule has 20 heavy (non-hydrogen) atoms.